The maximum absolute atomic E-state index is 14.7. The van der Waals surface area contributed by atoms with E-state index < -0.39 is 35.9 Å². The highest BCUT2D eigenvalue weighted by Crippen LogP contribution is 2.45. The van der Waals surface area contributed by atoms with Gasteiger partial charge in [-0.15, -0.1) is 0 Å². The number of pyridine rings is 1. The number of hydrogen-bond donors (Lipinski definition) is 2. The van der Waals surface area contributed by atoms with Crippen LogP contribution in [0.3, 0.4) is 0 Å². The molecule has 6 nitrogen and oxygen atoms in total. The van der Waals surface area contributed by atoms with E-state index in [1.54, 1.807) is 18.3 Å². The Hall–Kier alpha value is -2.58. The molecule has 0 unspecified atom stereocenters. The Kier molecular flexibility index (Phi) is 5.71. The summed E-state index contributed by atoms with van der Waals surface area (Å²) in [6.45, 7) is 3.75. The van der Waals surface area contributed by atoms with Crippen molar-refractivity contribution in [2.75, 3.05) is 5.32 Å². The minimum absolute atomic E-state index is 0.145. The summed E-state index contributed by atoms with van der Waals surface area (Å²) in [5.41, 5.74) is 0.903. The number of amides is 1. The number of aliphatic hydroxyl groups is 1. The summed E-state index contributed by atoms with van der Waals surface area (Å²) < 4.78 is 40.4. The number of hydrogen-bond acceptors (Lipinski definition) is 5. The highest BCUT2D eigenvalue weighted by molar-refractivity contribution is 5.95. The van der Waals surface area contributed by atoms with Gasteiger partial charge in [0.2, 0.25) is 5.82 Å². The third kappa shape index (κ3) is 3.89. The van der Waals surface area contributed by atoms with Gasteiger partial charge in [-0.25, -0.2) is 4.39 Å². The number of rotatable bonds is 5. The molecular formula is C22H24F2N2O4. The molecule has 2 aromatic rings. The van der Waals surface area contributed by atoms with Crippen molar-refractivity contribution >= 4 is 11.6 Å². The molecule has 2 N–H and O–H groups in total. The van der Waals surface area contributed by atoms with Crippen LogP contribution in [0.15, 0.2) is 36.7 Å². The van der Waals surface area contributed by atoms with E-state index in [4.69, 9.17) is 9.47 Å². The smallest absolute Gasteiger partial charge is 0.254 e. The molecule has 2 aliphatic rings. The molecule has 0 radical (unpaired) electrons. The monoisotopic (exact) mass is 418 g/mol. The van der Waals surface area contributed by atoms with Gasteiger partial charge in [0.1, 0.15) is 12.2 Å². The first-order valence-electron chi connectivity index (χ1n) is 10.0. The lowest BCUT2D eigenvalue weighted by Crippen LogP contribution is -2.38. The maximum atomic E-state index is 14.7. The Bertz CT molecular complexity index is 921. The summed E-state index contributed by atoms with van der Waals surface area (Å²) >= 11 is 0. The highest BCUT2D eigenvalue weighted by atomic mass is 19.2. The van der Waals surface area contributed by atoms with Gasteiger partial charge in [-0.3, -0.25) is 9.78 Å². The van der Waals surface area contributed by atoms with Gasteiger partial charge in [-0.2, -0.15) is 4.39 Å². The lowest BCUT2D eigenvalue weighted by molar-refractivity contribution is -0.127. The maximum Gasteiger partial charge on any atom is 0.254 e. The Balaban J connectivity index is 1.66. The van der Waals surface area contributed by atoms with Gasteiger partial charge in [0.25, 0.3) is 5.91 Å². The molecule has 160 valence electrons. The largest absolute Gasteiger partial charge is 0.487 e. The van der Waals surface area contributed by atoms with E-state index in [0.717, 1.165) is 6.07 Å². The molecule has 1 aromatic carbocycles. The van der Waals surface area contributed by atoms with Gasteiger partial charge < -0.3 is 19.9 Å². The molecule has 1 aromatic heterocycles. The zero-order valence-corrected chi connectivity index (χ0v) is 16.7. The van der Waals surface area contributed by atoms with Crippen molar-refractivity contribution in [2.24, 2.45) is 5.92 Å². The third-order valence-corrected chi connectivity index (χ3v) is 5.98. The van der Waals surface area contributed by atoms with Gasteiger partial charge in [0.05, 0.1) is 24.1 Å². The van der Waals surface area contributed by atoms with Crippen LogP contribution in [-0.4, -0.2) is 40.4 Å². The molecule has 4 rings (SSSR count). The zero-order valence-electron chi connectivity index (χ0n) is 16.7. The number of aliphatic hydroxyl groups excluding tert-OH is 1. The number of carbonyl (C=O) groups excluding carboxylic acids is 1. The van der Waals surface area contributed by atoms with Gasteiger partial charge in [0, 0.05) is 30.5 Å². The average molecular weight is 418 g/mol. The first-order valence-corrected chi connectivity index (χ1v) is 10.0. The fraction of sp³-hybridized carbons (Fsp3) is 0.455. The lowest BCUT2D eigenvalue weighted by atomic mass is 9.82. The van der Waals surface area contributed by atoms with E-state index in [9.17, 15) is 18.7 Å². The van der Waals surface area contributed by atoms with Crippen molar-refractivity contribution in [3.05, 3.63) is 53.9 Å². The van der Waals surface area contributed by atoms with Crippen molar-refractivity contribution in [1.29, 1.82) is 0 Å². The molecule has 1 saturated carbocycles. The van der Waals surface area contributed by atoms with Crippen LogP contribution in [0.2, 0.25) is 0 Å². The van der Waals surface area contributed by atoms with E-state index in [-0.39, 0.29) is 23.7 Å². The SMILES string of the molecule is C[C@H]1[C@@H](c2ccc(F)c(F)c2OC2CC(O)C2)[C@H](C(=O)Nc2cccnc2)O[C@@H]1C. The second kappa shape index (κ2) is 8.28. The topological polar surface area (TPSA) is 80.7 Å². The Labute approximate surface area is 173 Å². The van der Waals surface area contributed by atoms with E-state index in [0.29, 0.717) is 24.1 Å². The molecule has 4 atom stereocenters. The second-order valence-corrected chi connectivity index (χ2v) is 8.02. The summed E-state index contributed by atoms with van der Waals surface area (Å²) in [6.07, 6.45) is 1.75. The second-order valence-electron chi connectivity index (χ2n) is 8.02. The standard InChI is InChI=1S/C22H24F2N2O4/c1-11-12(2)29-21(22(28)26-13-4-3-7-25-10-13)18(11)16-5-6-17(23)19(24)20(16)30-15-8-14(27)9-15/h3-7,10-12,14-15,18,21,27H,8-9H2,1-2H3,(H,26,28)/t11-,12-,14?,15?,18+,21-/m1/s1. The highest BCUT2D eigenvalue weighted by Gasteiger charge is 2.46. The summed E-state index contributed by atoms with van der Waals surface area (Å²) in [4.78, 5) is 17.0. The van der Waals surface area contributed by atoms with Crippen molar-refractivity contribution in [2.45, 2.75) is 57.0 Å². The van der Waals surface area contributed by atoms with Crippen molar-refractivity contribution in [3.63, 3.8) is 0 Å². The fourth-order valence-corrected chi connectivity index (χ4v) is 4.06. The lowest BCUT2D eigenvalue weighted by Gasteiger charge is -2.33. The number of carbonyl (C=O) groups is 1. The number of benzene rings is 1. The normalized spacial score (nSPS) is 30.6. The molecule has 8 heteroatoms. The molecule has 0 bridgehead atoms. The minimum Gasteiger partial charge on any atom is -0.487 e. The van der Waals surface area contributed by atoms with Crippen molar-refractivity contribution < 1.29 is 28.2 Å². The summed E-state index contributed by atoms with van der Waals surface area (Å²) in [5.74, 6) is -3.39. The molecular weight excluding hydrogens is 394 g/mol. The minimum atomic E-state index is -1.09. The predicted octanol–water partition coefficient (Wildman–Crippen LogP) is 3.41. The van der Waals surface area contributed by atoms with E-state index >= 15 is 0 Å². The van der Waals surface area contributed by atoms with Crippen molar-refractivity contribution in [3.8, 4) is 5.75 Å². The molecule has 1 amide bonds. The van der Waals surface area contributed by atoms with Crippen LogP contribution in [0.4, 0.5) is 14.5 Å². The van der Waals surface area contributed by atoms with Crippen LogP contribution < -0.4 is 10.1 Å². The Morgan fingerprint density at radius 2 is 2.03 bits per heavy atom. The van der Waals surface area contributed by atoms with E-state index in [1.807, 2.05) is 13.8 Å². The molecule has 1 aliphatic carbocycles. The van der Waals surface area contributed by atoms with Crippen LogP contribution in [-0.2, 0) is 9.53 Å². The number of anilines is 1. The number of aromatic nitrogens is 1. The van der Waals surface area contributed by atoms with Crippen LogP contribution in [0.1, 0.15) is 38.2 Å². The first kappa shape index (κ1) is 20.7. The summed E-state index contributed by atoms with van der Waals surface area (Å²) in [6, 6.07) is 5.90. The van der Waals surface area contributed by atoms with Crippen LogP contribution >= 0.6 is 0 Å². The molecule has 0 spiro atoms. The summed E-state index contributed by atoms with van der Waals surface area (Å²) in [5, 5.41) is 12.3. The molecule has 2 heterocycles. The van der Waals surface area contributed by atoms with Crippen LogP contribution in [0.5, 0.6) is 5.75 Å². The number of nitrogens with zero attached hydrogens (tertiary/aromatic N) is 1. The van der Waals surface area contributed by atoms with Crippen molar-refractivity contribution in [1.82, 2.24) is 4.98 Å². The van der Waals surface area contributed by atoms with E-state index in [1.165, 1.54) is 12.3 Å². The predicted molar refractivity (Wildman–Crippen MR) is 105 cm³/mol. The van der Waals surface area contributed by atoms with Crippen LogP contribution in [0.25, 0.3) is 0 Å². The number of nitrogens with one attached hydrogen (secondary N) is 1. The van der Waals surface area contributed by atoms with Gasteiger partial charge >= 0.3 is 0 Å². The van der Waals surface area contributed by atoms with Gasteiger partial charge in [-0.1, -0.05) is 13.0 Å². The molecule has 1 saturated heterocycles. The third-order valence-electron chi connectivity index (χ3n) is 5.98. The van der Waals surface area contributed by atoms with Gasteiger partial charge in [-0.05, 0) is 31.0 Å². The van der Waals surface area contributed by atoms with Crippen LogP contribution in [0, 0.1) is 17.6 Å². The Morgan fingerprint density at radius 1 is 1.27 bits per heavy atom. The number of ether oxygens (including phenoxy) is 2. The quantitative estimate of drug-likeness (QED) is 0.778. The fourth-order valence-electron chi connectivity index (χ4n) is 4.06. The molecule has 2 fully saturated rings. The number of halogens is 2. The Morgan fingerprint density at radius 3 is 2.70 bits per heavy atom. The zero-order chi connectivity index (χ0) is 21.4. The van der Waals surface area contributed by atoms with E-state index in [2.05, 4.69) is 10.3 Å². The average Bonchev–Trinajstić information content (AvgIpc) is 3.00. The summed E-state index contributed by atoms with van der Waals surface area (Å²) in [7, 11) is 0. The molecule has 30 heavy (non-hydrogen) atoms. The molecule has 1 aliphatic heterocycles. The van der Waals surface area contributed by atoms with Gasteiger partial charge in [0.15, 0.2) is 11.6 Å². The first-order chi connectivity index (χ1) is 14.3.